The van der Waals surface area contributed by atoms with Crippen molar-refractivity contribution >= 4 is 22.5 Å². The van der Waals surface area contributed by atoms with Crippen molar-refractivity contribution in [3.8, 4) is 0 Å². The molecule has 1 heterocycles. The maximum Gasteiger partial charge on any atom is 0.324 e. The maximum absolute atomic E-state index is 12.7. The minimum Gasteiger partial charge on any atom is -0.378 e. The van der Waals surface area contributed by atoms with Gasteiger partial charge >= 0.3 is 6.03 Å². The van der Waals surface area contributed by atoms with Gasteiger partial charge in [-0.2, -0.15) is 0 Å². The lowest BCUT2D eigenvalue weighted by Gasteiger charge is -2.22. The van der Waals surface area contributed by atoms with E-state index in [0.717, 1.165) is 10.5 Å². The Hall–Kier alpha value is -2.06. The predicted octanol–water partition coefficient (Wildman–Crippen LogP) is 3.59. The molecule has 23 heavy (non-hydrogen) atoms. The lowest BCUT2D eigenvalue weighted by molar-refractivity contribution is 0.0997. The molecule has 0 spiro atoms. The quantitative estimate of drug-likeness (QED) is 0.837. The van der Waals surface area contributed by atoms with Crippen LogP contribution < -0.4 is 5.32 Å². The van der Waals surface area contributed by atoms with Gasteiger partial charge in [-0.25, -0.2) is 18.6 Å². The number of benzene rings is 1. The zero-order chi connectivity index (χ0) is 16.7. The molecule has 0 aliphatic heterocycles. The molecule has 0 aliphatic carbocycles. The van der Waals surface area contributed by atoms with Crippen LogP contribution in [0.5, 0.6) is 0 Å². The van der Waals surface area contributed by atoms with Gasteiger partial charge in [0.05, 0.1) is 18.8 Å². The highest BCUT2D eigenvalue weighted by Gasteiger charge is 2.19. The van der Waals surface area contributed by atoms with Crippen molar-refractivity contribution in [3.63, 3.8) is 0 Å². The van der Waals surface area contributed by atoms with Crippen molar-refractivity contribution in [1.82, 2.24) is 9.88 Å². The second kappa shape index (κ2) is 8.54. The van der Waals surface area contributed by atoms with E-state index in [1.807, 2.05) is 6.07 Å². The van der Waals surface area contributed by atoms with E-state index in [-0.39, 0.29) is 6.54 Å². The molecule has 0 saturated heterocycles. The first-order valence-electron chi connectivity index (χ1n) is 6.90. The number of aromatic nitrogens is 1. The van der Waals surface area contributed by atoms with Crippen LogP contribution in [0.3, 0.4) is 0 Å². The zero-order valence-electron chi connectivity index (χ0n) is 12.5. The standard InChI is InChI=1S/C15H17F2N3O2S/c1-22-9-12-10-23-14(18-12)19-15(21)20(8-13(16)17)7-11-5-3-2-4-6-11/h2-6,10,13H,7-9H2,1H3,(H,18,19,21). The number of halogens is 2. The number of nitrogens with one attached hydrogen (secondary N) is 1. The molecule has 1 aromatic carbocycles. The molecular weight excluding hydrogens is 324 g/mol. The zero-order valence-corrected chi connectivity index (χ0v) is 13.4. The minimum atomic E-state index is -2.61. The molecule has 2 aromatic rings. The number of alkyl halides is 2. The summed E-state index contributed by atoms with van der Waals surface area (Å²) in [6, 6.07) is 8.38. The molecular formula is C15H17F2N3O2S. The molecule has 2 rings (SSSR count). The third-order valence-corrected chi connectivity index (χ3v) is 3.73. The van der Waals surface area contributed by atoms with Crippen molar-refractivity contribution in [2.24, 2.45) is 0 Å². The van der Waals surface area contributed by atoms with E-state index in [4.69, 9.17) is 4.74 Å². The number of anilines is 1. The van der Waals surface area contributed by atoms with Gasteiger partial charge in [-0.05, 0) is 5.56 Å². The van der Waals surface area contributed by atoms with Gasteiger partial charge in [0.1, 0.15) is 0 Å². The van der Waals surface area contributed by atoms with Crippen molar-refractivity contribution < 1.29 is 18.3 Å². The number of carbonyl (C=O) groups excluding carboxylic acids is 1. The number of hydrogen-bond acceptors (Lipinski definition) is 4. The van der Waals surface area contributed by atoms with Crippen LogP contribution in [0.2, 0.25) is 0 Å². The molecule has 0 bridgehead atoms. The van der Waals surface area contributed by atoms with Crippen LogP contribution >= 0.6 is 11.3 Å². The Balaban J connectivity index is 2.03. The number of urea groups is 1. The van der Waals surface area contributed by atoms with E-state index in [0.29, 0.717) is 17.4 Å². The lowest BCUT2D eigenvalue weighted by Crippen LogP contribution is -2.37. The molecule has 1 N–H and O–H groups in total. The topological polar surface area (TPSA) is 54.5 Å². The highest BCUT2D eigenvalue weighted by atomic mass is 32.1. The Kier molecular flexibility index (Phi) is 6.42. The summed E-state index contributed by atoms with van der Waals surface area (Å²) in [5.41, 5.74) is 1.46. The van der Waals surface area contributed by atoms with Crippen LogP contribution in [0, 0.1) is 0 Å². The highest BCUT2D eigenvalue weighted by molar-refractivity contribution is 7.13. The molecule has 124 valence electrons. The predicted molar refractivity (Wildman–Crippen MR) is 84.7 cm³/mol. The summed E-state index contributed by atoms with van der Waals surface area (Å²) in [7, 11) is 1.54. The van der Waals surface area contributed by atoms with Gasteiger partial charge in [0.25, 0.3) is 6.43 Å². The molecule has 2 amide bonds. The number of nitrogens with zero attached hydrogens (tertiary/aromatic N) is 2. The molecule has 0 saturated carbocycles. The second-order valence-electron chi connectivity index (χ2n) is 4.76. The number of amides is 2. The first-order valence-corrected chi connectivity index (χ1v) is 7.77. The summed E-state index contributed by atoms with van der Waals surface area (Å²) >= 11 is 1.22. The molecule has 0 unspecified atom stereocenters. The fourth-order valence-electron chi connectivity index (χ4n) is 1.94. The Labute approximate surface area is 136 Å². The molecule has 0 radical (unpaired) electrons. The molecule has 1 aromatic heterocycles. The Morgan fingerprint density at radius 1 is 1.39 bits per heavy atom. The summed E-state index contributed by atoms with van der Waals surface area (Å²) < 4.78 is 30.4. The summed E-state index contributed by atoms with van der Waals surface area (Å²) in [5, 5.41) is 4.65. The summed E-state index contributed by atoms with van der Waals surface area (Å²) in [6.07, 6.45) is -2.61. The number of thiazole rings is 1. The van der Waals surface area contributed by atoms with E-state index in [1.165, 1.54) is 11.3 Å². The minimum absolute atomic E-state index is 0.104. The Morgan fingerprint density at radius 3 is 2.78 bits per heavy atom. The average Bonchev–Trinajstić information content (AvgIpc) is 2.95. The molecule has 5 nitrogen and oxygen atoms in total. The van der Waals surface area contributed by atoms with Crippen molar-refractivity contribution in [2.45, 2.75) is 19.6 Å². The maximum atomic E-state index is 12.7. The van der Waals surface area contributed by atoms with Crippen molar-refractivity contribution in [1.29, 1.82) is 0 Å². The van der Waals surface area contributed by atoms with Crippen molar-refractivity contribution in [3.05, 3.63) is 47.0 Å². The van der Waals surface area contributed by atoms with Crippen LogP contribution in [0.1, 0.15) is 11.3 Å². The first kappa shape index (κ1) is 17.3. The number of rotatable bonds is 7. The largest absolute Gasteiger partial charge is 0.378 e. The molecule has 0 fully saturated rings. The summed E-state index contributed by atoms with van der Waals surface area (Å²) in [4.78, 5) is 17.5. The average molecular weight is 341 g/mol. The summed E-state index contributed by atoms with van der Waals surface area (Å²) in [5.74, 6) is 0. The van der Waals surface area contributed by atoms with Gasteiger partial charge in [-0.15, -0.1) is 11.3 Å². The van der Waals surface area contributed by atoms with Crippen LogP contribution in [0.4, 0.5) is 18.7 Å². The van der Waals surface area contributed by atoms with Crippen molar-refractivity contribution in [2.75, 3.05) is 19.0 Å². The van der Waals surface area contributed by atoms with E-state index in [2.05, 4.69) is 10.3 Å². The van der Waals surface area contributed by atoms with Crippen LogP contribution in [0.25, 0.3) is 0 Å². The normalized spacial score (nSPS) is 10.8. The third kappa shape index (κ3) is 5.57. The number of methoxy groups -OCH3 is 1. The van der Waals surface area contributed by atoms with Gasteiger partial charge in [0.15, 0.2) is 5.13 Å². The number of ether oxygens (including phenoxy) is 1. The van der Waals surface area contributed by atoms with Gasteiger partial charge in [0.2, 0.25) is 0 Å². The van der Waals surface area contributed by atoms with Crippen LogP contribution in [-0.4, -0.2) is 36.0 Å². The van der Waals surface area contributed by atoms with E-state index >= 15 is 0 Å². The molecule has 0 atom stereocenters. The Morgan fingerprint density at radius 2 is 2.13 bits per heavy atom. The Bertz CT molecular complexity index is 622. The van der Waals surface area contributed by atoms with Gasteiger partial charge in [-0.3, -0.25) is 5.32 Å². The number of carbonyl (C=O) groups is 1. The molecule has 0 aliphatic rings. The number of hydrogen-bond donors (Lipinski definition) is 1. The van der Waals surface area contributed by atoms with E-state index in [1.54, 1.807) is 36.8 Å². The fourth-order valence-corrected chi connectivity index (χ4v) is 2.62. The first-order chi connectivity index (χ1) is 11.1. The molecule has 8 heteroatoms. The lowest BCUT2D eigenvalue weighted by atomic mass is 10.2. The van der Waals surface area contributed by atoms with Crippen LogP contribution in [0.15, 0.2) is 35.7 Å². The van der Waals surface area contributed by atoms with E-state index < -0.39 is 19.0 Å². The third-order valence-electron chi connectivity index (χ3n) is 2.92. The highest BCUT2D eigenvalue weighted by Crippen LogP contribution is 2.17. The smallest absolute Gasteiger partial charge is 0.324 e. The van der Waals surface area contributed by atoms with Gasteiger partial charge in [0, 0.05) is 19.0 Å². The fraction of sp³-hybridized carbons (Fsp3) is 0.333. The van der Waals surface area contributed by atoms with Gasteiger partial charge in [-0.1, -0.05) is 30.3 Å². The monoisotopic (exact) mass is 341 g/mol. The van der Waals surface area contributed by atoms with E-state index in [9.17, 15) is 13.6 Å². The SMILES string of the molecule is COCc1csc(NC(=O)N(Cc2ccccc2)CC(F)F)n1. The van der Waals surface area contributed by atoms with Gasteiger partial charge < -0.3 is 9.64 Å². The summed E-state index contributed by atoms with van der Waals surface area (Å²) in [6.45, 7) is -0.207. The van der Waals surface area contributed by atoms with Crippen LogP contribution in [-0.2, 0) is 17.9 Å². The second-order valence-corrected chi connectivity index (χ2v) is 5.62.